The number of carbonyl (C=O) groups is 5. The zero-order chi connectivity index (χ0) is 15.4. The molecule has 0 N–H and O–H groups in total. The Balaban J connectivity index is 4.27. The van der Waals surface area contributed by atoms with Crippen molar-refractivity contribution in [2.75, 3.05) is 26.2 Å². The molecule has 0 rings (SSSR count). The highest BCUT2D eigenvalue weighted by atomic mass is 16.5. The number of nitrogens with zero attached hydrogens (tertiary/aromatic N) is 2. The van der Waals surface area contributed by atoms with Gasteiger partial charge in [0.05, 0.1) is 32.0 Å². The van der Waals surface area contributed by atoms with Crippen molar-refractivity contribution >= 4 is 30.1 Å². The fourth-order valence-electron chi connectivity index (χ4n) is 1.26. The molecule has 20 heavy (non-hydrogen) atoms. The summed E-state index contributed by atoms with van der Waals surface area (Å²) in [6, 6.07) is 1.80. The molecule has 0 radical (unpaired) electrons. The van der Waals surface area contributed by atoms with Crippen molar-refractivity contribution in [3.05, 3.63) is 0 Å². The van der Waals surface area contributed by atoms with Crippen molar-refractivity contribution in [1.29, 1.82) is 5.26 Å². The third kappa shape index (κ3) is 8.66. The van der Waals surface area contributed by atoms with Crippen LogP contribution in [-0.4, -0.2) is 61.2 Å². The molecule has 0 saturated heterocycles. The molecule has 0 aliphatic rings. The van der Waals surface area contributed by atoms with E-state index in [1.807, 2.05) is 0 Å². The van der Waals surface area contributed by atoms with Crippen LogP contribution in [0.5, 0.6) is 0 Å². The van der Waals surface area contributed by atoms with Crippen molar-refractivity contribution in [3.8, 4) is 6.07 Å². The molecule has 0 atom stereocenters. The average Bonchev–Trinajstić information content (AvgIpc) is 2.44. The SMILES string of the molecule is N#CCCOC(=O)CCN(CC(=O)C=O)CC(=O)C=O. The molecule has 0 aromatic carbocycles. The minimum Gasteiger partial charge on any atom is -0.465 e. The molecule has 0 heterocycles. The molecule has 0 aliphatic heterocycles. The zero-order valence-corrected chi connectivity index (χ0v) is 10.7. The summed E-state index contributed by atoms with van der Waals surface area (Å²) in [7, 11) is 0. The van der Waals surface area contributed by atoms with Gasteiger partial charge in [-0.2, -0.15) is 5.26 Å². The molecule has 0 amide bonds. The van der Waals surface area contributed by atoms with Crippen molar-refractivity contribution < 1.29 is 28.7 Å². The lowest BCUT2D eigenvalue weighted by Crippen LogP contribution is -2.37. The lowest BCUT2D eigenvalue weighted by atomic mass is 10.3. The molecule has 0 aliphatic carbocycles. The smallest absolute Gasteiger partial charge is 0.307 e. The van der Waals surface area contributed by atoms with E-state index in [1.54, 1.807) is 6.07 Å². The van der Waals surface area contributed by atoms with Crippen molar-refractivity contribution in [2.24, 2.45) is 0 Å². The Morgan fingerprint density at radius 2 is 1.65 bits per heavy atom. The molecule has 8 nitrogen and oxygen atoms in total. The minimum atomic E-state index is -0.762. The topological polar surface area (TPSA) is 122 Å². The predicted octanol–water partition coefficient (Wildman–Crippen LogP) is -1.33. The molecule has 0 fully saturated rings. The van der Waals surface area contributed by atoms with Gasteiger partial charge in [0.15, 0.2) is 12.6 Å². The number of hydrogen-bond donors (Lipinski definition) is 0. The van der Waals surface area contributed by atoms with Crippen LogP contribution in [0.4, 0.5) is 0 Å². The number of hydrogen-bond acceptors (Lipinski definition) is 8. The van der Waals surface area contributed by atoms with Gasteiger partial charge in [0.1, 0.15) is 6.61 Å². The second-order valence-corrected chi connectivity index (χ2v) is 3.76. The van der Waals surface area contributed by atoms with Gasteiger partial charge in [0.25, 0.3) is 0 Å². The summed E-state index contributed by atoms with van der Waals surface area (Å²) in [5, 5.41) is 8.26. The van der Waals surface area contributed by atoms with E-state index in [4.69, 9.17) is 10.00 Å². The number of ether oxygens (including phenoxy) is 1. The fourth-order valence-corrected chi connectivity index (χ4v) is 1.26. The Bertz CT molecular complexity index is 404. The van der Waals surface area contributed by atoms with E-state index in [-0.39, 0.29) is 51.7 Å². The molecule has 0 aromatic heterocycles. The number of Topliss-reactive ketones (excluding diaryl/α,β-unsaturated/α-hetero) is 2. The number of rotatable bonds is 11. The molecule has 0 aromatic rings. The Morgan fingerprint density at radius 1 is 1.10 bits per heavy atom. The van der Waals surface area contributed by atoms with Gasteiger partial charge in [-0.25, -0.2) is 0 Å². The summed E-state index contributed by atoms with van der Waals surface area (Å²) in [5.74, 6) is -2.12. The van der Waals surface area contributed by atoms with Crippen LogP contribution in [-0.2, 0) is 28.7 Å². The lowest BCUT2D eigenvalue weighted by Gasteiger charge is -2.17. The van der Waals surface area contributed by atoms with Gasteiger partial charge in [0.2, 0.25) is 11.6 Å². The molecule has 108 valence electrons. The summed E-state index contributed by atoms with van der Waals surface area (Å²) in [6.45, 7) is -0.746. The first-order valence-corrected chi connectivity index (χ1v) is 5.74. The Kier molecular flexibility index (Phi) is 9.25. The molecule has 0 spiro atoms. The van der Waals surface area contributed by atoms with Gasteiger partial charge >= 0.3 is 5.97 Å². The van der Waals surface area contributed by atoms with E-state index in [0.29, 0.717) is 0 Å². The van der Waals surface area contributed by atoms with Gasteiger partial charge < -0.3 is 4.74 Å². The maximum Gasteiger partial charge on any atom is 0.307 e. The molecule has 0 saturated carbocycles. The zero-order valence-electron chi connectivity index (χ0n) is 10.7. The van der Waals surface area contributed by atoms with Crippen LogP contribution < -0.4 is 0 Å². The van der Waals surface area contributed by atoms with E-state index in [9.17, 15) is 24.0 Å². The third-order valence-corrected chi connectivity index (χ3v) is 2.13. The van der Waals surface area contributed by atoms with E-state index >= 15 is 0 Å². The lowest BCUT2D eigenvalue weighted by molar-refractivity contribution is -0.144. The number of aldehydes is 2. The van der Waals surface area contributed by atoms with Crippen LogP contribution in [0.15, 0.2) is 0 Å². The first-order valence-electron chi connectivity index (χ1n) is 5.74. The van der Waals surface area contributed by atoms with Crippen molar-refractivity contribution in [1.82, 2.24) is 4.90 Å². The normalized spacial score (nSPS) is 9.60. The molecular formula is C12H14N2O6. The Hall–Kier alpha value is -2.40. The van der Waals surface area contributed by atoms with Crippen LogP contribution in [0.2, 0.25) is 0 Å². The highest BCUT2D eigenvalue weighted by Gasteiger charge is 2.15. The maximum atomic E-state index is 11.3. The maximum absolute atomic E-state index is 11.3. The van der Waals surface area contributed by atoms with Crippen LogP contribution >= 0.6 is 0 Å². The number of esters is 1. The van der Waals surface area contributed by atoms with E-state index in [2.05, 4.69) is 0 Å². The number of carbonyl (C=O) groups excluding carboxylic acids is 5. The highest BCUT2D eigenvalue weighted by Crippen LogP contribution is 1.95. The molecule has 8 heteroatoms. The Morgan fingerprint density at radius 3 is 2.10 bits per heavy atom. The van der Waals surface area contributed by atoms with Crippen molar-refractivity contribution in [2.45, 2.75) is 12.8 Å². The van der Waals surface area contributed by atoms with Gasteiger partial charge in [-0.1, -0.05) is 0 Å². The predicted molar refractivity (Wildman–Crippen MR) is 64.4 cm³/mol. The van der Waals surface area contributed by atoms with Crippen LogP contribution in [0, 0.1) is 11.3 Å². The summed E-state index contributed by atoms with van der Waals surface area (Å²) in [6.07, 6.45) is 0.152. The molecule has 0 bridgehead atoms. The highest BCUT2D eigenvalue weighted by molar-refractivity contribution is 6.27. The number of ketones is 2. The van der Waals surface area contributed by atoms with Gasteiger partial charge in [-0.15, -0.1) is 0 Å². The van der Waals surface area contributed by atoms with Crippen LogP contribution in [0.3, 0.4) is 0 Å². The summed E-state index contributed by atoms with van der Waals surface area (Å²) < 4.78 is 4.70. The van der Waals surface area contributed by atoms with E-state index in [1.165, 1.54) is 4.90 Å². The van der Waals surface area contributed by atoms with Crippen LogP contribution in [0.1, 0.15) is 12.8 Å². The molecule has 0 unspecified atom stereocenters. The summed E-state index contributed by atoms with van der Waals surface area (Å²) in [4.78, 5) is 55.0. The Labute approximate surface area is 115 Å². The fraction of sp³-hybridized carbons (Fsp3) is 0.500. The van der Waals surface area contributed by atoms with E-state index < -0.39 is 17.5 Å². The first-order chi connectivity index (χ1) is 9.53. The minimum absolute atomic E-state index is 0.00938. The number of nitriles is 1. The van der Waals surface area contributed by atoms with E-state index in [0.717, 1.165) is 0 Å². The quantitative estimate of drug-likeness (QED) is 0.198. The third-order valence-electron chi connectivity index (χ3n) is 2.13. The van der Waals surface area contributed by atoms with Crippen LogP contribution in [0.25, 0.3) is 0 Å². The van der Waals surface area contributed by atoms with Gasteiger partial charge in [0, 0.05) is 6.54 Å². The molecular weight excluding hydrogens is 268 g/mol. The van der Waals surface area contributed by atoms with Crippen molar-refractivity contribution in [3.63, 3.8) is 0 Å². The first kappa shape index (κ1) is 17.6. The van der Waals surface area contributed by atoms with Gasteiger partial charge in [-0.3, -0.25) is 28.9 Å². The second kappa shape index (κ2) is 10.5. The monoisotopic (exact) mass is 282 g/mol. The van der Waals surface area contributed by atoms with Gasteiger partial charge in [-0.05, 0) is 0 Å². The standard InChI is InChI=1S/C12H14N2O6/c13-3-1-5-20-12(19)2-4-14(6-10(17)8-15)7-11(18)9-16/h8-9H,1-2,4-7H2. The second-order valence-electron chi connectivity index (χ2n) is 3.76. The largest absolute Gasteiger partial charge is 0.465 e. The summed E-state index contributed by atoms with van der Waals surface area (Å²) >= 11 is 0. The average molecular weight is 282 g/mol. The summed E-state index contributed by atoms with van der Waals surface area (Å²) in [5.41, 5.74) is 0.